The van der Waals surface area contributed by atoms with Gasteiger partial charge in [0.05, 0.1) is 6.10 Å². The maximum atomic E-state index is 15.1. The van der Waals surface area contributed by atoms with Crippen LogP contribution in [-0.2, 0) is 17.6 Å². The van der Waals surface area contributed by atoms with E-state index >= 15 is 8.78 Å². The number of aryl methyl sites for hydroxylation is 1. The van der Waals surface area contributed by atoms with Gasteiger partial charge < -0.3 is 4.74 Å². The van der Waals surface area contributed by atoms with E-state index in [0.717, 1.165) is 63.4 Å². The van der Waals surface area contributed by atoms with Crippen molar-refractivity contribution in [2.24, 2.45) is 17.8 Å². The summed E-state index contributed by atoms with van der Waals surface area (Å²) in [7, 11) is 1.81. The zero-order valence-electron chi connectivity index (χ0n) is 17.6. The summed E-state index contributed by atoms with van der Waals surface area (Å²) in [4.78, 5) is 0. The van der Waals surface area contributed by atoms with E-state index in [0.29, 0.717) is 35.0 Å². The summed E-state index contributed by atoms with van der Waals surface area (Å²) in [5, 5.41) is 0. The smallest absolute Gasteiger partial charge is 0.162 e. The van der Waals surface area contributed by atoms with Gasteiger partial charge in [-0.05, 0) is 98.1 Å². The summed E-state index contributed by atoms with van der Waals surface area (Å²) in [5.41, 5.74) is 2.45. The van der Waals surface area contributed by atoms with Gasteiger partial charge >= 0.3 is 0 Å². The molecule has 5 unspecified atom stereocenters. The topological polar surface area (TPSA) is 9.23 Å². The molecule has 5 atom stereocenters. The van der Waals surface area contributed by atoms with Crippen LogP contribution in [0.4, 0.5) is 8.78 Å². The molecule has 1 aromatic carbocycles. The molecule has 4 rings (SSSR count). The van der Waals surface area contributed by atoms with Crippen LogP contribution < -0.4 is 0 Å². The molecule has 1 aromatic rings. The molecule has 156 valence electrons. The zero-order chi connectivity index (χ0) is 19.7. The molecule has 28 heavy (non-hydrogen) atoms. The molecular formula is C25H36F2O. The van der Waals surface area contributed by atoms with Gasteiger partial charge in [0.25, 0.3) is 0 Å². The number of fused-ring (bicyclic) bond motifs is 2. The molecule has 3 aliphatic carbocycles. The molecule has 1 nitrogen and oxygen atoms in total. The lowest BCUT2D eigenvalue weighted by Crippen LogP contribution is -2.33. The fraction of sp³-hybridized carbons (Fsp3) is 0.760. The molecular weight excluding hydrogens is 354 g/mol. The first-order valence-electron chi connectivity index (χ1n) is 11.6. The minimum absolute atomic E-state index is 0.193. The van der Waals surface area contributed by atoms with Crippen LogP contribution in [-0.4, -0.2) is 13.2 Å². The van der Waals surface area contributed by atoms with Gasteiger partial charge in [0.15, 0.2) is 11.6 Å². The molecule has 0 heterocycles. The van der Waals surface area contributed by atoms with E-state index in [1.807, 2.05) is 7.11 Å². The normalized spacial score (nSPS) is 32.6. The fourth-order valence-corrected chi connectivity index (χ4v) is 6.31. The first kappa shape index (κ1) is 20.3. The molecule has 3 heteroatoms. The number of benzene rings is 1. The first-order chi connectivity index (χ1) is 13.6. The van der Waals surface area contributed by atoms with Gasteiger partial charge in [0.1, 0.15) is 0 Å². The second kappa shape index (κ2) is 8.81. The van der Waals surface area contributed by atoms with Crippen LogP contribution >= 0.6 is 0 Å². The van der Waals surface area contributed by atoms with Crippen molar-refractivity contribution >= 4 is 0 Å². The summed E-state index contributed by atoms with van der Waals surface area (Å²) in [6.07, 6.45) is 13.3. The molecule has 0 spiro atoms. The summed E-state index contributed by atoms with van der Waals surface area (Å²) in [5.74, 6) is 1.02. The van der Waals surface area contributed by atoms with E-state index in [9.17, 15) is 0 Å². The van der Waals surface area contributed by atoms with E-state index < -0.39 is 11.6 Å². The molecule has 2 fully saturated rings. The summed E-state index contributed by atoms with van der Waals surface area (Å²) < 4.78 is 35.7. The fourth-order valence-electron chi connectivity index (χ4n) is 6.31. The predicted molar refractivity (Wildman–Crippen MR) is 110 cm³/mol. The Hall–Kier alpha value is -0.960. The van der Waals surface area contributed by atoms with Crippen LogP contribution in [0.15, 0.2) is 6.07 Å². The first-order valence-corrected chi connectivity index (χ1v) is 11.6. The van der Waals surface area contributed by atoms with E-state index in [4.69, 9.17) is 4.74 Å². The second-order valence-electron chi connectivity index (χ2n) is 9.68. The molecule has 3 aliphatic rings. The quantitative estimate of drug-likeness (QED) is 0.528. The largest absolute Gasteiger partial charge is 0.381 e. The van der Waals surface area contributed by atoms with Crippen LogP contribution in [0.25, 0.3) is 0 Å². The standard InChI is InChI=1S/C25H36F2O/c1-3-4-5-16-6-7-20-15-23(25(27)24(26)22(20)12-16)19-9-8-18-14-21(28-2)11-10-17(18)13-19/h15-19,21H,3-14H2,1-2H3. The van der Waals surface area contributed by atoms with Gasteiger partial charge in [0.2, 0.25) is 0 Å². The monoisotopic (exact) mass is 390 g/mol. The number of ether oxygens (including phenoxy) is 1. The number of hydrogen-bond donors (Lipinski definition) is 0. The number of halogens is 2. The van der Waals surface area contributed by atoms with E-state index in [1.54, 1.807) is 0 Å². The highest BCUT2D eigenvalue weighted by Gasteiger charge is 2.37. The van der Waals surface area contributed by atoms with Gasteiger partial charge in [0, 0.05) is 7.11 Å². The molecule has 2 saturated carbocycles. The number of rotatable bonds is 5. The van der Waals surface area contributed by atoms with Crippen molar-refractivity contribution in [3.8, 4) is 0 Å². The molecule has 0 amide bonds. The molecule has 0 bridgehead atoms. The Morgan fingerprint density at radius 2 is 1.79 bits per heavy atom. The molecule has 0 radical (unpaired) electrons. The van der Waals surface area contributed by atoms with E-state index in [1.165, 1.54) is 19.3 Å². The highest BCUT2D eigenvalue weighted by Crippen LogP contribution is 2.48. The molecule has 0 N–H and O–H groups in total. The van der Waals surface area contributed by atoms with Crippen molar-refractivity contribution in [1.82, 2.24) is 0 Å². The number of unbranched alkanes of at least 4 members (excludes halogenated alkanes) is 1. The van der Waals surface area contributed by atoms with E-state index in [2.05, 4.69) is 13.0 Å². The van der Waals surface area contributed by atoms with Gasteiger partial charge in [-0.2, -0.15) is 0 Å². The molecule has 0 aromatic heterocycles. The lowest BCUT2D eigenvalue weighted by Gasteiger charge is -2.42. The second-order valence-corrected chi connectivity index (χ2v) is 9.68. The maximum Gasteiger partial charge on any atom is 0.162 e. The third-order valence-corrected chi connectivity index (χ3v) is 8.05. The van der Waals surface area contributed by atoms with Gasteiger partial charge in [-0.25, -0.2) is 8.78 Å². The van der Waals surface area contributed by atoms with Crippen molar-refractivity contribution in [2.75, 3.05) is 7.11 Å². The molecule has 0 aliphatic heterocycles. The minimum atomic E-state index is -0.538. The lowest BCUT2D eigenvalue weighted by molar-refractivity contribution is 0.0121. The summed E-state index contributed by atoms with van der Waals surface area (Å²) >= 11 is 0. The van der Waals surface area contributed by atoms with Crippen molar-refractivity contribution in [1.29, 1.82) is 0 Å². The highest BCUT2D eigenvalue weighted by molar-refractivity contribution is 5.38. The lowest BCUT2D eigenvalue weighted by atomic mass is 9.65. The Bertz CT molecular complexity index is 686. The maximum absolute atomic E-state index is 15.1. The SMILES string of the molecule is CCCCC1CCc2cc(C3CCC4CC(OC)CCC4C3)c(F)c(F)c2C1. The van der Waals surface area contributed by atoms with Crippen LogP contribution in [0, 0.1) is 29.4 Å². The van der Waals surface area contributed by atoms with Crippen molar-refractivity contribution in [2.45, 2.75) is 96.0 Å². The van der Waals surface area contributed by atoms with Crippen molar-refractivity contribution < 1.29 is 13.5 Å². The van der Waals surface area contributed by atoms with Crippen molar-refractivity contribution in [3.63, 3.8) is 0 Å². The summed E-state index contributed by atoms with van der Waals surface area (Å²) in [6.45, 7) is 2.19. The number of methoxy groups -OCH3 is 1. The van der Waals surface area contributed by atoms with Gasteiger partial charge in [-0.3, -0.25) is 0 Å². The van der Waals surface area contributed by atoms with E-state index in [-0.39, 0.29) is 5.92 Å². The zero-order valence-corrected chi connectivity index (χ0v) is 17.6. The van der Waals surface area contributed by atoms with Crippen LogP contribution in [0.5, 0.6) is 0 Å². The predicted octanol–water partition coefficient (Wildman–Crippen LogP) is 6.96. The Kier molecular flexibility index (Phi) is 6.40. The molecule has 0 saturated heterocycles. The van der Waals surface area contributed by atoms with Crippen LogP contribution in [0.2, 0.25) is 0 Å². The Morgan fingerprint density at radius 3 is 2.57 bits per heavy atom. The van der Waals surface area contributed by atoms with Crippen LogP contribution in [0.3, 0.4) is 0 Å². The van der Waals surface area contributed by atoms with Gasteiger partial charge in [-0.1, -0.05) is 32.3 Å². The Balaban J connectivity index is 1.50. The highest BCUT2D eigenvalue weighted by atomic mass is 19.2. The third-order valence-electron chi connectivity index (χ3n) is 8.05. The third kappa shape index (κ3) is 4.01. The Labute approximate surface area is 169 Å². The van der Waals surface area contributed by atoms with Crippen molar-refractivity contribution in [3.05, 3.63) is 34.4 Å². The minimum Gasteiger partial charge on any atom is -0.381 e. The van der Waals surface area contributed by atoms with Crippen LogP contribution in [0.1, 0.15) is 93.7 Å². The number of hydrogen-bond acceptors (Lipinski definition) is 1. The average molecular weight is 391 g/mol. The Morgan fingerprint density at radius 1 is 1.00 bits per heavy atom. The van der Waals surface area contributed by atoms with Gasteiger partial charge in [-0.15, -0.1) is 0 Å². The average Bonchev–Trinajstić information content (AvgIpc) is 2.74. The summed E-state index contributed by atoms with van der Waals surface area (Å²) in [6, 6.07) is 2.05.